The molecule has 2 aromatic rings. The van der Waals surface area contributed by atoms with E-state index >= 15 is 0 Å². The van der Waals surface area contributed by atoms with Crippen molar-refractivity contribution >= 4 is 6.29 Å². The van der Waals surface area contributed by atoms with E-state index in [1.165, 1.54) is 12.8 Å². The summed E-state index contributed by atoms with van der Waals surface area (Å²) < 4.78 is 7.44. The van der Waals surface area contributed by atoms with Crippen molar-refractivity contribution in [3.8, 4) is 11.5 Å². The molecule has 0 aromatic carbocycles. The zero-order valence-electron chi connectivity index (χ0n) is 10.6. The average molecular weight is 244 g/mol. The number of aromatic nitrogens is 2. The maximum Gasteiger partial charge on any atom is 0.155 e. The highest BCUT2D eigenvalue weighted by molar-refractivity contribution is 5.84. The number of hydrogen-bond donors (Lipinski definition) is 0. The molecule has 1 unspecified atom stereocenters. The van der Waals surface area contributed by atoms with Crippen LogP contribution in [0.5, 0.6) is 0 Å². The van der Waals surface area contributed by atoms with Crippen LogP contribution in [0.15, 0.2) is 22.7 Å². The lowest BCUT2D eigenvalue weighted by atomic mass is 10.2. The summed E-state index contributed by atoms with van der Waals surface area (Å²) in [6, 6.07) is 4.10. The third kappa shape index (κ3) is 1.88. The zero-order valence-corrected chi connectivity index (χ0v) is 10.6. The number of carbonyl (C=O) groups excluding carboxylic acids is 1. The lowest BCUT2D eigenvalue weighted by Gasteiger charge is -2.09. The molecule has 0 bridgehead atoms. The number of nitrogens with zero attached hydrogens (tertiary/aromatic N) is 2. The Bertz CT molecular complexity index is 578. The predicted molar refractivity (Wildman–Crippen MR) is 67.5 cm³/mol. The van der Waals surface area contributed by atoms with Crippen molar-refractivity contribution in [1.82, 2.24) is 9.78 Å². The van der Waals surface area contributed by atoms with Gasteiger partial charge >= 0.3 is 0 Å². The molecule has 1 saturated carbocycles. The number of furan rings is 1. The van der Waals surface area contributed by atoms with Crippen LogP contribution in [-0.2, 0) is 0 Å². The summed E-state index contributed by atoms with van der Waals surface area (Å²) >= 11 is 0. The normalized spacial score (nSPS) is 16.8. The summed E-state index contributed by atoms with van der Waals surface area (Å²) in [5, 5.41) is 4.52. The molecule has 4 nitrogen and oxygen atoms in total. The monoisotopic (exact) mass is 244 g/mol. The van der Waals surface area contributed by atoms with Crippen LogP contribution in [0.25, 0.3) is 11.5 Å². The third-order valence-electron chi connectivity index (χ3n) is 3.58. The highest BCUT2D eigenvalue weighted by Gasteiger charge is 2.30. The Hall–Kier alpha value is -1.84. The van der Waals surface area contributed by atoms with Crippen LogP contribution in [0.1, 0.15) is 41.9 Å². The molecule has 18 heavy (non-hydrogen) atoms. The summed E-state index contributed by atoms with van der Waals surface area (Å²) in [6.07, 6.45) is 5.18. The Morgan fingerprint density at radius 3 is 2.83 bits per heavy atom. The fourth-order valence-corrected chi connectivity index (χ4v) is 2.25. The van der Waals surface area contributed by atoms with Gasteiger partial charge in [-0.15, -0.1) is 0 Å². The van der Waals surface area contributed by atoms with Gasteiger partial charge in [-0.1, -0.05) is 0 Å². The number of aryl methyl sites for hydroxylation is 1. The number of hydrogen-bond acceptors (Lipinski definition) is 3. The molecule has 1 aliphatic carbocycles. The van der Waals surface area contributed by atoms with E-state index < -0.39 is 0 Å². The molecular formula is C14H16N2O2. The minimum Gasteiger partial charge on any atom is -0.460 e. The van der Waals surface area contributed by atoms with Gasteiger partial charge in [-0.3, -0.25) is 9.48 Å². The minimum atomic E-state index is 0.355. The second-order valence-electron chi connectivity index (χ2n) is 5.02. The molecule has 0 spiro atoms. The molecule has 2 aromatic heterocycles. The summed E-state index contributed by atoms with van der Waals surface area (Å²) in [4.78, 5) is 11.1. The van der Waals surface area contributed by atoms with Crippen molar-refractivity contribution < 1.29 is 9.21 Å². The maximum atomic E-state index is 11.1. The second-order valence-corrected chi connectivity index (χ2v) is 5.02. The summed E-state index contributed by atoms with van der Waals surface area (Å²) in [7, 11) is 0. The Morgan fingerprint density at radius 2 is 2.28 bits per heavy atom. The molecule has 0 N–H and O–H groups in total. The molecule has 2 heterocycles. The van der Waals surface area contributed by atoms with E-state index in [0.29, 0.717) is 29.0 Å². The Morgan fingerprint density at radius 1 is 1.50 bits per heavy atom. The lowest BCUT2D eigenvalue weighted by molar-refractivity contribution is 0.112. The third-order valence-corrected chi connectivity index (χ3v) is 3.58. The molecule has 1 atom stereocenters. The van der Waals surface area contributed by atoms with Crippen molar-refractivity contribution in [1.29, 1.82) is 0 Å². The van der Waals surface area contributed by atoms with Gasteiger partial charge in [0.1, 0.15) is 11.5 Å². The van der Waals surface area contributed by atoms with E-state index in [9.17, 15) is 4.79 Å². The smallest absolute Gasteiger partial charge is 0.155 e. The highest BCUT2D eigenvalue weighted by Crippen LogP contribution is 2.39. The summed E-state index contributed by atoms with van der Waals surface area (Å²) in [5.41, 5.74) is 1.24. The largest absolute Gasteiger partial charge is 0.460 e. The van der Waals surface area contributed by atoms with Crippen molar-refractivity contribution in [2.75, 3.05) is 0 Å². The van der Waals surface area contributed by atoms with Gasteiger partial charge in [0.2, 0.25) is 0 Å². The van der Waals surface area contributed by atoms with Crippen molar-refractivity contribution in [2.45, 2.75) is 32.7 Å². The first-order valence-electron chi connectivity index (χ1n) is 6.30. The van der Waals surface area contributed by atoms with E-state index in [0.717, 1.165) is 12.0 Å². The lowest BCUT2D eigenvalue weighted by Crippen LogP contribution is -2.07. The molecule has 4 heteroatoms. The fraction of sp³-hybridized carbons (Fsp3) is 0.429. The highest BCUT2D eigenvalue weighted by atomic mass is 16.3. The Kier molecular flexibility index (Phi) is 2.58. The van der Waals surface area contributed by atoms with Crippen LogP contribution in [-0.4, -0.2) is 16.1 Å². The molecule has 0 saturated heterocycles. The van der Waals surface area contributed by atoms with Crippen LogP contribution >= 0.6 is 0 Å². The van der Waals surface area contributed by atoms with Crippen LogP contribution in [0.4, 0.5) is 0 Å². The Labute approximate surface area is 106 Å². The molecular weight excluding hydrogens is 228 g/mol. The van der Waals surface area contributed by atoms with Crippen LogP contribution in [0.2, 0.25) is 0 Å². The van der Waals surface area contributed by atoms with Gasteiger partial charge in [0, 0.05) is 6.20 Å². The quantitative estimate of drug-likeness (QED) is 0.776. The number of carbonyl (C=O) groups is 1. The van der Waals surface area contributed by atoms with Gasteiger partial charge in [-0.25, -0.2) is 0 Å². The van der Waals surface area contributed by atoms with E-state index in [2.05, 4.69) is 12.0 Å². The van der Waals surface area contributed by atoms with Crippen molar-refractivity contribution in [2.24, 2.45) is 5.92 Å². The van der Waals surface area contributed by atoms with Gasteiger partial charge in [0.15, 0.2) is 12.0 Å². The molecule has 1 aliphatic rings. The predicted octanol–water partition coefficient (Wildman–Crippen LogP) is 3.24. The van der Waals surface area contributed by atoms with Gasteiger partial charge in [0.25, 0.3) is 0 Å². The molecule has 1 fully saturated rings. The molecule has 0 aliphatic heterocycles. The van der Waals surface area contributed by atoms with Gasteiger partial charge in [-0.05, 0) is 44.7 Å². The van der Waals surface area contributed by atoms with Gasteiger partial charge in [-0.2, -0.15) is 5.10 Å². The van der Waals surface area contributed by atoms with E-state index in [1.54, 1.807) is 0 Å². The second kappa shape index (κ2) is 4.12. The van der Waals surface area contributed by atoms with Gasteiger partial charge < -0.3 is 4.42 Å². The van der Waals surface area contributed by atoms with E-state index in [1.807, 2.05) is 29.9 Å². The topological polar surface area (TPSA) is 48.0 Å². The first-order chi connectivity index (χ1) is 8.69. The minimum absolute atomic E-state index is 0.355. The standard InChI is InChI=1S/C14H16N2O2/c1-9-3-6-13(18-9)14-12(8-17)7-16(15-14)10(2)11-4-5-11/h3,6-8,10-11H,4-5H2,1-2H3. The van der Waals surface area contributed by atoms with Crippen LogP contribution in [0.3, 0.4) is 0 Å². The molecule has 3 rings (SSSR count). The zero-order chi connectivity index (χ0) is 12.7. The van der Waals surface area contributed by atoms with Crippen LogP contribution < -0.4 is 0 Å². The number of rotatable bonds is 4. The van der Waals surface area contributed by atoms with E-state index in [4.69, 9.17) is 4.42 Å². The molecule has 94 valence electrons. The van der Waals surface area contributed by atoms with Gasteiger partial charge in [0.05, 0.1) is 11.6 Å². The SMILES string of the molecule is Cc1ccc(-c2nn(C(C)C3CC3)cc2C=O)o1. The maximum absolute atomic E-state index is 11.1. The van der Waals surface area contributed by atoms with Crippen molar-refractivity contribution in [3.05, 3.63) is 29.7 Å². The molecule has 0 radical (unpaired) electrons. The fourth-order valence-electron chi connectivity index (χ4n) is 2.25. The number of aldehydes is 1. The Balaban J connectivity index is 2.00. The summed E-state index contributed by atoms with van der Waals surface area (Å²) in [5.74, 6) is 2.19. The molecule has 0 amide bonds. The average Bonchev–Trinajstić information content (AvgIpc) is 2.98. The summed E-state index contributed by atoms with van der Waals surface area (Å²) in [6.45, 7) is 4.03. The van der Waals surface area contributed by atoms with Crippen LogP contribution in [0, 0.1) is 12.8 Å². The van der Waals surface area contributed by atoms with Crippen molar-refractivity contribution in [3.63, 3.8) is 0 Å². The van der Waals surface area contributed by atoms with E-state index in [-0.39, 0.29) is 0 Å². The first-order valence-corrected chi connectivity index (χ1v) is 6.30. The first kappa shape index (κ1) is 11.3.